The average molecular weight is 272 g/mol. The van der Waals surface area contributed by atoms with E-state index in [4.69, 9.17) is 5.11 Å². The summed E-state index contributed by atoms with van der Waals surface area (Å²) < 4.78 is 0. The van der Waals surface area contributed by atoms with Gasteiger partial charge in [-0.3, -0.25) is 4.90 Å². The van der Waals surface area contributed by atoms with Gasteiger partial charge in [-0.05, 0) is 6.42 Å². The van der Waals surface area contributed by atoms with Crippen molar-refractivity contribution in [1.82, 2.24) is 20.9 Å². The first-order valence-electron chi connectivity index (χ1n) is 6.83. The summed E-state index contributed by atoms with van der Waals surface area (Å²) >= 11 is 0. The number of urea groups is 1. The van der Waals surface area contributed by atoms with Crippen LogP contribution in [0.3, 0.4) is 0 Å². The molecule has 1 aliphatic heterocycles. The molecule has 1 aliphatic rings. The molecule has 1 saturated heterocycles. The Kier molecular flexibility index (Phi) is 7.20. The molecule has 7 heteroatoms. The maximum absolute atomic E-state index is 11.6. The fraction of sp³-hybridized carbons (Fsp3) is 0.833. The number of nitrogens with zero attached hydrogens (tertiary/aromatic N) is 1. The summed E-state index contributed by atoms with van der Waals surface area (Å²) in [5.74, 6) is -0.987. The van der Waals surface area contributed by atoms with Gasteiger partial charge in [0.25, 0.3) is 0 Å². The molecule has 0 aromatic heterocycles. The van der Waals surface area contributed by atoms with Gasteiger partial charge < -0.3 is 21.1 Å². The van der Waals surface area contributed by atoms with Gasteiger partial charge in [0.2, 0.25) is 0 Å². The lowest BCUT2D eigenvalue weighted by Gasteiger charge is -2.27. The highest BCUT2D eigenvalue weighted by Crippen LogP contribution is 1.96. The van der Waals surface area contributed by atoms with Crippen molar-refractivity contribution in [3.63, 3.8) is 0 Å². The highest BCUT2D eigenvalue weighted by Gasteiger charge is 2.18. The van der Waals surface area contributed by atoms with Crippen molar-refractivity contribution in [1.29, 1.82) is 0 Å². The number of hydrogen-bond donors (Lipinski definition) is 4. The number of rotatable bonds is 7. The minimum atomic E-state index is -0.987. The van der Waals surface area contributed by atoms with E-state index < -0.39 is 18.0 Å². The van der Waals surface area contributed by atoms with Crippen LogP contribution in [0.4, 0.5) is 4.79 Å². The van der Waals surface area contributed by atoms with Gasteiger partial charge in [-0.25, -0.2) is 9.59 Å². The second-order valence-electron chi connectivity index (χ2n) is 4.67. The highest BCUT2D eigenvalue weighted by atomic mass is 16.4. The third-order valence-electron chi connectivity index (χ3n) is 3.10. The highest BCUT2D eigenvalue weighted by molar-refractivity contribution is 5.82. The number of carboxylic acid groups (broad SMARTS) is 1. The smallest absolute Gasteiger partial charge is 0.326 e. The van der Waals surface area contributed by atoms with Crippen molar-refractivity contribution in [2.24, 2.45) is 0 Å². The molecule has 1 rings (SSSR count). The van der Waals surface area contributed by atoms with E-state index in [9.17, 15) is 9.59 Å². The molecule has 1 fully saturated rings. The van der Waals surface area contributed by atoms with Crippen LogP contribution in [0.1, 0.15) is 19.8 Å². The Balaban J connectivity index is 2.17. The molecule has 110 valence electrons. The number of nitrogens with one attached hydrogen (secondary N) is 3. The van der Waals surface area contributed by atoms with Crippen LogP contribution >= 0.6 is 0 Å². The Morgan fingerprint density at radius 2 is 2.05 bits per heavy atom. The van der Waals surface area contributed by atoms with Gasteiger partial charge in [-0.2, -0.15) is 0 Å². The molecule has 7 nitrogen and oxygen atoms in total. The molecule has 0 saturated carbocycles. The predicted molar refractivity (Wildman–Crippen MR) is 72.2 cm³/mol. The summed E-state index contributed by atoms with van der Waals surface area (Å²) in [6, 6.07) is -1.21. The van der Waals surface area contributed by atoms with Crippen LogP contribution in [0, 0.1) is 0 Å². The van der Waals surface area contributed by atoms with Crippen LogP contribution in [0.2, 0.25) is 0 Å². The van der Waals surface area contributed by atoms with E-state index in [0.29, 0.717) is 13.0 Å². The zero-order chi connectivity index (χ0) is 14.1. The fourth-order valence-corrected chi connectivity index (χ4v) is 2.02. The quantitative estimate of drug-likeness (QED) is 0.499. The van der Waals surface area contributed by atoms with Gasteiger partial charge in [0, 0.05) is 39.3 Å². The number of amides is 2. The molecule has 19 heavy (non-hydrogen) atoms. The largest absolute Gasteiger partial charge is 0.480 e. The van der Waals surface area contributed by atoms with Crippen molar-refractivity contribution >= 4 is 12.0 Å². The Morgan fingerprint density at radius 1 is 1.37 bits per heavy atom. The standard InChI is InChI=1S/C12H24N4O3/c1-2-3-10(11(17)18)15-12(19)14-6-9-16-7-4-13-5-8-16/h10,13H,2-9H2,1H3,(H,17,18)(H2,14,15,19)/t10-/m0/s1. The topological polar surface area (TPSA) is 93.7 Å². The van der Waals surface area contributed by atoms with Crippen molar-refractivity contribution in [2.75, 3.05) is 39.3 Å². The lowest BCUT2D eigenvalue weighted by molar-refractivity contribution is -0.139. The number of hydrogen-bond acceptors (Lipinski definition) is 4. The number of carboxylic acids is 1. The summed E-state index contributed by atoms with van der Waals surface area (Å²) in [6.45, 7) is 7.13. The van der Waals surface area contributed by atoms with Crippen LogP contribution in [-0.2, 0) is 4.79 Å². The molecule has 0 spiro atoms. The number of carbonyl (C=O) groups excluding carboxylic acids is 1. The Bertz CT molecular complexity index is 293. The Labute approximate surface area is 113 Å². The molecule has 0 aromatic carbocycles. The molecule has 0 radical (unpaired) electrons. The molecule has 0 aromatic rings. The Hall–Kier alpha value is -1.34. The number of carbonyl (C=O) groups is 2. The SMILES string of the molecule is CCC[C@H](NC(=O)NCCN1CCNCC1)C(=O)O. The summed E-state index contributed by atoms with van der Waals surface area (Å²) in [5.41, 5.74) is 0. The van der Waals surface area contributed by atoms with Gasteiger partial charge in [0.05, 0.1) is 0 Å². The van der Waals surface area contributed by atoms with Crippen LogP contribution in [0.15, 0.2) is 0 Å². The minimum absolute atomic E-state index is 0.406. The number of aliphatic carboxylic acids is 1. The van der Waals surface area contributed by atoms with E-state index in [2.05, 4.69) is 20.9 Å². The fourth-order valence-electron chi connectivity index (χ4n) is 2.02. The van der Waals surface area contributed by atoms with Gasteiger partial charge in [0.15, 0.2) is 0 Å². The summed E-state index contributed by atoms with van der Waals surface area (Å²) in [5, 5.41) is 17.4. The van der Waals surface area contributed by atoms with Crippen LogP contribution in [-0.4, -0.2) is 67.3 Å². The zero-order valence-corrected chi connectivity index (χ0v) is 11.4. The van der Waals surface area contributed by atoms with Crippen molar-refractivity contribution in [2.45, 2.75) is 25.8 Å². The van der Waals surface area contributed by atoms with E-state index >= 15 is 0 Å². The average Bonchev–Trinajstić information content (AvgIpc) is 2.39. The molecule has 0 bridgehead atoms. The molecule has 4 N–H and O–H groups in total. The molecular weight excluding hydrogens is 248 g/mol. The van der Waals surface area contributed by atoms with Gasteiger partial charge in [-0.1, -0.05) is 13.3 Å². The van der Waals surface area contributed by atoms with Gasteiger partial charge in [0.1, 0.15) is 6.04 Å². The van der Waals surface area contributed by atoms with Gasteiger partial charge >= 0.3 is 12.0 Å². The monoisotopic (exact) mass is 272 g/mol. The molecule has 2 amide bonds. The van der Waals surface area contributed by atoms with Crippen LogP contribution < -0.4 is 16.0 Å². The van der Waals surface area contributed by atoms with Crippen LogP contribution in [0.25, 0.3) is 0 Å². The normalized spacial score (nSPS) is 17.7. The van der Waals surface area contributed by atoms with Crippen molar-refractivity contribution in [3.8, 4) is 0 Å². The first-order chi connectivity index (χ1) is 9.13. The molecular formula is C12H24N4O3. The van der Waals surface area contributed by atoms with Gasteiger partial charge in [-0.15, -0.1) is 0 Å². The lowest BCUT2D eigenvalue weighted by Crippen LogP contribution is -2.49. The summed E-state index contributed by atoms with van der Waals surface area (Å²) in [6.07, 6.45) is 1.17. The first kappa shape index (κ1) is 15.7. The van der Waals surface area contributed by atoms with E-state index in [-0.39, 0.29) is 0 Å². The van der Waals surface area contributed by atoms with E-state index in [1.54, 1.807) is 0 Å². The zero-order valence-electron chi connectivity index (χ0n) is 11.4. The second-order valence-corrected chi connectivity index (χ2v) is 4.67. The Morgan fingerprint density at radius 3 is 2.63 bits per heavy atom. The van der Waals surface area contributed by atoms with Crippen LogP contribution in [0.5, 0.6) is 0 Å². The van der Waals surface area contributed by atoms with E-state index in [1.165, 1.54) is 0 Å². The van der Waals surface area contributed by atoms with Crippen molar-refractivity contribution < 1.29 is 14.7 Å². The third-order valence-corrected chi connectivity index (χ3v) is 3.10. The maximum atomic E-state index is 11.6. The van der Waals surface area contributed by atoms with E-state index in [1.807, 2.05) is 6.92 Å². The van der Waals surface area contributed by atoms with E-state index in [0.717, 1.165) is 39.1 Å². The molecule has 1 heterocycles. The number of piperazine rings is 1. The second kappa shape index (κ2) is 8.71. The minimum Gasteiger partial charge on any atom is -0.480 e. The molecule has 0 unspecified atom stereocenters. The maximum Gasteiger partial charge on any atom is 0.326 e. The first-order valence-corrected chi connectivity index (χ1v) is 6.83. The molecule has 0 aliphatic carbocycles. The summed E-state index contributed by atoms with van der Waals surface area (Å²) in [4.78, 5) is 24.7. The predicted octanol–water partition coefficient (Wildman–Crippen LogP) is -0.556. The van der Waals surface area contributed by atoms with Crippen molar-refractivity contribution in [3.05, 3.63) is 0 Å². The molecule has 1 atom stereocenters. The third kappa shape index (κ3) is 6.40. The summed E-state index contributed by atoms with van der Waals surface area (Å²) in [7, 11) is 0. The lowest BCUT2D eigenvalue weighted by atomic mass is 10.2.